The predicted octanol–water partition coefficient (Wildman–Crippen LogP) is 2.40. The molecule has 0 bridgehead atoms. The zero-order valence-electron chi connectivity index (χ0n) is 13.1. The Bertz CT molecular complexity index is 677. The maximum atomic E-state index is 12.2. The van der Waals surface area contributed by atoms with Gasteiger partial charge in [0.2, 0.25) is 22.9 Å². The Morgan fingerprint density at radius 3 is 2.83 bits per heavy atom. The first-order valence-electron chi connectivity index (χ1n) is 7.70. The summed E-state index contributed by atoms with van der Waals surface area (Å²) in [4.78, 5) is 12.2. The second-order valence-electron chi connectivity index (χ2n) is 6.06. The lowest BCUT2D eigenvalue weighted by Gasteiger charge is -2.12. The molecule has 3 rings (SSSR count). The van der Waals surface area contributed by atoms with Crippen molar-refractivity contribution in [1.29, 1.82) is 0 Å². The molecule has 0 aliphatic heterocycles. The van der Waals surface area contributed by atoms with Gasteiger partial charge in [-0.25, -0.2) is 0 Å². The SMILES string of the molecule is Cc1nnc(C[C@@H]2CC[C@H](NC(=O)Cc3c(C)noc3Cl)C2)o1. The molecule has 1 saturated carbocycles. The van der Waals surface area contributed by atoms with Gasteiger partial charge in [-0.15, -0.1) is 10.2 Å². The molecule has 0 radical (unpaired) electrons. The van der Waals surface area contributed by atoms with Gasteiger partial charge in [0.05, 0.1) is 12.1 Å². The number of carbonyl (C=O) groups excluding carboxylic acids is 1. The summed E-state index contributed by atoms with van der Waals surface area (Å²) in [6.07, 6.45) is 3.88. The van der Waals surface area contributed by atoms with Gasteiger partial charge in [0.1, 0.15) is 0 Å². The summed E-state index contributed by atoms with van der Waals surface area (Å²) in [5.74, 6) is 1.66. The van der Waals surface area contributed by atoms with Gasteiger partial charge in [0, 0.05) is 24.9 Å². The molecule has 124 valence electrons. The summed E-state index contributed by atoms with van der Waals surface area (Å²) < 4.78 is 10.3. The first-order valence-corrected chi connectivity index (χ1v) is 8.08. The van der Waals surface area contributed by atoms with E-state index in [0.717, 1.165) is 25.7 Å². The first kappa shape index (κ1) is 16.0. The molecule has 8 heteroatoms. The number of aromatic nitrogens is 3. The topological polar surface area (TPSA) is 94.1 Å². The monoisotopic (exact) mass is 338 g/mol. The second kappa shape index (κ2) is 6.70. The Balaban J connectivity index is 1.48. The van der Waals surface area contributed by atoms with E-state index in [-0.39, 0.29) is 23.6 Å². The van der Waals surface area contributed by atoms with Crippen molar-refractivity contribution in [2.24, 2.45) is 5.92 Å². The number of halogens is 1. The molecule has 1 N–H and O–H groups in total. The first-order chi connectivity index (χ1) is 11.0. The largest absolute Gasteiger partial charge is 0.426 e. The molecule has 7 nitrogen and oxygen atoms in total. The minimum atomic E-state index is -0.0579. The lowest BCUT2D eigenvalue weighted by atomic mass is 10.0. The number of hydrogen-bond donors (Lipinski definition) is 1. The van der Waals surface area contributed by atoms with E-state index >= 15 is 0 Å². The fraction of sp³-hybridized carbons (Fsp3) is 0.600. The lowest BCUT2D eigenvalue weighted by Crippen LogP contribution is -2.34. The van der Waals surface area contributed by atoms with Crippen molar-refractivity contribution >= 4 is 17.5 Å². The third-order valence-electron chi connectivity index (χ3n) is 4.21. The fourth-order valence-electron chi connectivity index (χ4n) is 3.06. The Morgan fingerprint density at radius 2 is 2.17 bits per heavy atom. The molecular weight excluding hydrogens is 320 g/mol. The number of amides is 1. The third-order valence-corrected chi connectivity index (χ3v) is 4.51. The maximum Gasteiger partial charge on any atom is 0.229 e. The zero-order chi connectivity index (χ0) is 16.4. The van der Waals surface area contributed by atoms with Crippen LogP contribution in [0.3, 0.4) is 0 Å². The van der Waals surface area contributed by atoms with Crippen LogP contribution in [0.5, 0.6) is 0 Å². The summed E-state index contributed by atoms with van der Waals surface area (Å²) in [5, 5.41) is 14.9. The Hall–Kier alpha value is -1.89. The molecule has 2 atom stereocenters. The summed E-state index contributed by atoms with van der Waals surface area (Å²) >= 11 is 5.89. The number of nitrogens with zero attached hydrogens (tertiary/aromatic N) is 3. The zero-order valence-corrected chi connectivity index (χ0v) is 13.9. The van der Waals surface area contributed by atoms with Gasteiger partial charge in [0.15, 0.2) is 0 Å². The van der Waals surface area contributed by atoms with Crippen molar-refractivity contribution < 1.29 is 13.7 Å². The van der Waals surface area contributed by atoms with E-state index in [4.69, 9.17) is 20.5 Å². The summed E-state index contributed by atoms with van der Waals surface area (Å²) in [6, 6.07) is 0.176. The van der Waals surface area contributed by atoms with Crippen molar-refractivity contribution in [1.82, 2.24) is 20.7 Å². The predicted molar refractivity (Wildman–Crippen MR) is 82.0 cm³/mol. The van der Waals surface area contributed by atoms with E-state index in [1.165, 1.54) is 0 Å². The quantitative estimate of drug-likeness (QED) is 0.899. The van der Waals surface area contributed by atoms with Crippen LogP contribution in [0.4, 0.5) is 0 Å². The molecule has 0 aromatic carbocycles. The number of aryl methyl sites for hydroxylation is 2. The maximum absolute atomic E-state index is 12.2. The van der Waals surface area contributed by atoms with Gasteiger partial charge in [-0.05, 0) is 43.7 Å². The number of nitrogens with one attached hydrogen (secondary N) is 1. The summed E-state index contributed by atoms with van der Waals surface area (Å²) in [7, 11) is 0. The standard InChI is InChI=1S/C15H19ClN4O3/c1-8-12(15(16)23-20-8)7-13(21)17-11-4-3-10(5-11)6-14-19-18-9(2)22-14/h10-11H,3-7H2,1-2H3,(H,17,21)/t10-,11+/m1/s1. The smallest absolute Gasteiger partial charge is 0.229 e. The van der Waals surface area contributed by atoms with Gasteiger partial charge < -0.3 is 14.3 Å². The molecule has 0 unspecified atom stereocenters. The molecule has 0 spiro atoms. The molecule has 2 aromatic rings. The highest BCUT2D eigenvalue weighted by Gasteiger charge is 2.28. The van der Waals surface area contributed by atoms with E-state index in [1.54, 1.807) is 13.8 Å². The van der Waals surface area contributed by atoms with Crippen LogP contribution in [0, 0.1) is 19.8 Å². The number of hydrogen-bond acceptors (Lipinski definition) is 6. The lowest BCUT2D eigenvalue weighted by molar-refractivity contribution is -0.121. The molecule has 1 fully saturated rings. The minimum Gasteiger partial charge on any atom is -0.426 e. The molecule has 23 heavy (non-hydrogen) atoms. The Kier molecular flexibility index (Phi) is 4.66. The highest BCUT2D eigenvalue weighted by atomic mass is 35.5. The van der Waals surface area contributed by atoms with Crippen LogP contribution in [-0.2, 0) is 17.6 Å². The summed E-state index contributed by atoms with van der Waals surface area (Å²) in [6.45, 7) is 3.56. The van der Waals surface area contributed by atoms with Gasteiger partial charge in [-0.2, -0.15) is 0 Å². The van der Waals surface area contributed by atoms with E-state index in [9.17, 15) is 4.79 Å². The third kappa shape index (κ3) is 3.90. The average molecular weight is 339 g/mol. The Morgan fingerprint density at radius 1 is 1.35 bits per heavy atom. The van der Waals surface area contributed by atoms with Crippen LogP contribution >= 0.6 is 11.6 Å². The molecular formula is C15H19ClN4O3. The molecule has 1 amide bonds. The van der Waals surface area contributed by atoms with Crippen molar-refractivity contribution in [3.05, 3.63) is 28.3 Å². The van der Waals surface area contributed by atoms with Gasteiger partial charge in [-0.1, -0.05) is 5.16 Å². The van der Waals surface area contributed by atoms with Crippen molar-refractivity contribution in [3.63, 3.8) is 0 Å². The molecule has 0 saturated heterocycles. The normalized spacial score (nSPS) is 20.8. The van der Waals surface area contributed by atoms with E-state index in [1.807, 2.05) is 0 Å². The van der Waals surface area contributed by atoms with Gasteiger partial charge >= 0.3 is 0 Å². The molecule has 2 heterocycles. The van der Waals surface area contributed by atoms with E-state index in [2.05, 4.69) is 20.7 Å². The summed E-state index contributed by atoms with van der Waals surface area (Å²) in [5.41, 5.74) is 1.31. The second-order valence-corrected chi connectivity index (χ2v) is 6.40. The number of carbonyl (C=O) groups is 1. The van der Waals surface area contributed by atoms with E-state index in [0.29, 0.717) is 29.0 Å². The van der Waals surface area contributed by atoms with Crippen molar-refractivity contribution in [3.8, 4) is 0 Å². The van der Waals surface area contributed by atoms with E-state index < -0.39 is 0 Å². The van der Waals surface area contributed by atoms with Crippen LogP contribution in [-0.4, -0.2) is 27.3 Å². The molecule has 1 aliphatic carbocycles. The van der Waals surface area contributed by atoms with Gasteiger partial charge in [-0.3, -0.25) is 4.79 Å². The van der Waals surface area contributed by atoms with Crippen LogP contribution in [0.2, 0.25) is 5.22 Å². The minimum absolute atomic E-state index is 0.0579. The van der Waals surface area contributed by atoms with Gasteiger partial charge in [0.25, 0.3) is 0 Å². The number of rotatable bonds is 5. The van der Waals surface area contributed by atoms with Crippen LogP contribution in [0.1, 0.15) is 42.3 Å². The van der Waals surface area contributed by atoms with Crippen molar-refractivity contribution in [2.75, 3.05) is 0 Å². The highest BCUT2D eigenvalue weighted by molar-refractivity contribution is 6.29. The fourth-order valence-corrected chi connectivity index (χ4v) is 3.29. The van der Waals surface area contributed by atoms with Crippen LogP contribution in [0.15, 0.2) is 8.94 Å². The van der Waals surface area contributed by atoms with Crippen LogP contribution in [0.25, 0.3) is 0 Å². The Labute approximate surface area is 138 Å². The average Bonchev–Trinajstić information content (AvgIpc) is 3.18. The molecule has 2 aromatic heterocycles. The molecule has 1 aliphatic rings. The van der Waals surface area contributed by atoms with Crippen LogP contribution < -0.4 is 5.32 Å². The van der Waals surface area contributed by atoms with Crippen molar-refractivity contribution in [2.45, 2.75) is 52.0 Å². The highest BCUT2D eigenvalue weighted by Crippen LogP contribution is 2.28.